The van der Waals surface area contributed by atoms with Crippen LogP contribution in [0.5, 0.6) is 0 Å². The number of methoxy groups -OCH3 is 2. The summed E-state index contributed by atoms with van der Waals surface area (Å²) in [6.07, 6.45) is -36.4. The number of rotatable bonds is 17. The minimum atomic E-state index is -2.41. The molecule has 0 amide bonds. The highest BCUT2D eigenvalue weighted by Crippen LogP contribution is 2.39. The van der Waals surface area contributed by atoms with E-state index >= 15 is 0 Å². The van der Waals surface area contributed by atoms with Gasteiger partial charge in [0.1, 0.15) is 61.0 Å². The summed E-state index contributed by atoms with van der Waals surface area (Å²) in [6, 6.07) is 0. The predicted octanol–water partition coefficient (Wildman–Crippen LogP) is -7.06. The van der Waals surface area contributed by atoms with Crippen molar-refractivity contribution in [2.24, 2.45) is 0 Å². The van der Waals surface area contributed by atoms with E-state index in [-0.39, 0.29) is 0 Å². The van der Waals surface area contributed by atoms with Gasteiger partial charge in [0.05, 0.1) is 13.2 Å². The van der Waals surface area contributed by atoms with Crippen molar-refractivity contribution in [1.82, 2.24) is 0 Å². The lowest BCUT2D eigenvalue weighted by Gasteiger charge is -2.47. The Morgan fingerprint density at radius 1 is 0.692 bits per heavy atom. The summed E-state index contributed by atoms with van der Waals surface area (Å²) in [4.78, 5) is 47.9. The molecular weight excluding hydrogens is 839 g/mol. The van der Waals surface area contributed by atoms with Crippen LogP contribution in [0.1, 0.15) is 0 Å². The molecule has 12 N–H and O–H groups in total. The maximum atomic E-state index is 12.2. The SMILES string of the molecule is CO[C@@H]1C(C(=O)O)O[C@@H](O[C@@H](CO)[C@@H](O[C@H](CO)O[C@@H]2C(C(=O)O)O[C@@H](O[C@H]3C(O)C(O)[C@](I)(OC)O[C@H]3C(=O)O)C(O)[C@H]2O)C(=O)O)[C@@H](O)C1O. The van der Waals surface area contributed by atoms with Gasteiger partial charge in [-0.1, -0.05) is 0 Å². The maximum absolute atomic E-state index is 12.2. The van der Waals surface area contributed by atoms with Crippen LogP contribution in [0.25, 0.3) is 0 Å². The summed E-state index contributed by atoms with van der Waals surface area (Å²) < 4.78 is 44.2. The van der Waals surface area contributed by atoms with Crippen LogP contribution in [0.2, 0.25) is 0 Å². The topological polar surface area (TPSA) is 394 Å². The highest BCUT2D eigenvalue weighted by Gasteiger charge is 2.59. The molecular formula is C26H39IO25. The Kier molecular flexibility index (Phi) is 15.8. The van der Waals surface area contributed by atoms with Crippen molar-refractivity contribution < 1.29 is 123 Å². The van der Waals surface area contributed by atoms with E-state index in [4.69, 9.17) is 42.6 Å². The number of aliphatic carboxylic acids is 4. The molecule has 0 saturated carbocycles. The number of hydrogen-bond acceptors (Lipinski definition) is 21. The molecule has 0 aromatic carbocycles. The standard InChI is InChI=1S/C26H39IO25/c1-44-13-7(30)9(32)24(50-16(13)21(38)39)46-5(3-28)12(20(36)37)47-6(4-29)48-14-8(31)10(33)25(51-17(14)22(40)41)49-15-11(34)19(35)26(27,45-2)52-18(15)23(42)43/h5-19,24-25,28-35H,3-4H2,1-2H3,(H,36,37)(H,38,39)(H,40,41)(H,42,43)/t5-,6-,7?,8+,9-,10?,11?,12+,13-,14-,15-,16?,17?,18+,19?,24+,25+,26-/m0/s1. The van der Waals surface area contributed by atoms with Gasteiger partial charge < -0.3 is 104 Å². The largest absolute Gasteiger partial charge is 0.479 e. The molecule has 3 heterocycles. The van der Waals surface area contributed by atoms with Gasteiger partial charge in [0.15, 0.2) is 43.3 Å². The van der Waals surface area contributed by atoms with Crippen molar-refractivity contribution in [2.45, 2.75) is 108 Å². The first-order valence-electron chi connectivity index (χ1n) is 14.9. The summed E-state index contributed by atoms with van der Waals surface area (Å²) >= 11 is 1.37. The van der Waals surface area contributed by atoms with Crippen molar-refractivity contribution in [3.05, 3.63) is 0 Å². The first-order chi connectivity index (χ1) is 24.3. The van der Waals surface area contributed by atoms with E-state index < -0.39 is 145 Å². The zero-order chi connectivity index (χ0) is 39.4. The average Bonchev–Trinajstić information content (AvgIpc) is 3.09. The number of halogens is 1. The fourth-order valence-corrected chi connectivity index (χ4v) is 6.04. The summed E-state index contributed by atoms with van der Waals surface area (Å²) in [6.45, 7) is -2.58. The molecule has 0 spiro atoms. The number of alkyl halides is 1. The molecule has 3 aliphatic heterocycles. The third-order valence-electron chi connectivity index (χ3n) is 8.09. The highest BCUT2D eigenvalue weighted by atomic mass is 127. The molecule has 3 aliphatic rings. The lowest BCUT2D eigenvalue weighted by atomic mass is 9.96. The molecule has 6 unspecified atom stereocenters. The van der Waals surface area contributed by atoms with E-state index in [1.807, 2.05) is 0 Å². The second kappa shape index (κ2) is 18.5. The van der Waals surface area contributed by atoms with Crippen LogP contribution in [0.15, 0.2) is 0 Å². The van der Waals surface area contributed by atoms with Gasteiger partial charge in [0.2, 0.25) is 0 Å². The van der Waals surface area contributed by atoms with E-state index in [1.54, 1.807) is 0 Å². The molecule has 3 saturated heterocycles. The number of aliphatic hydroxyl groups is 8. The van der Waals surface area contributed by atoms with Crippen molar-refractivity contribution in [3.8, 4) is 0 Å². The molecule has 0 aromatic heterocycles. The van der Waals surface area contributed by atoms with Gasteiger partial charge in [-0.15, -0.1) is 0 Å². The van der Waals surface area contributed by atoms with Crippen LogP contribution in [0.4, 0.5) is 0 Å². The molecule has 300 valence electrons. The normalized spacial score (nSPS) is 41.4. The first kappa shape index (κ1) is 44.3. The monoisotopic (exact) mass is 878 g/mol. The van der Waals surface area contributed by atoms with Gasteiger partial charge >= 0.3 is 23.9 Å². The Bertz CT molecular complexity index is 1240. The van der Waals surface area contributed by atoms with E-state index in [0.29, 0.717) is 0 Å². The van der Waals surface area contributed by atoms with Crippen molar-refractivity contribution in [3.63, 3.8) is 0 Å². The smallest absolute Gasteiger partial charge is 0.335 e. The minimum absolute atomic E-state index is 1.00. The molecule has 18 atom stereocenters. The number of carbonyl (C=O) groups is 4. The van der Waals surface area contributed by atoms with E-state index in [2.05, 4.69) is 0 Å². The van der Waals surface area contributed by atoms with Crippen molar-refractivity contribution in [2.75, 3.05) is 27.4 Å². The Labute approximate surface area is 304 Å². The predicted molar refractivity (Wildman–Crippen MR) is 161 cm³/mol. The number of carboxylic acid groups (broad SMARTS) is 4. The third kappa shape index (κ3) is 9.41. The van der Waals surface area contributed by atoms with Gasteiger partial charge in [-0.3, -0.25) is 0 Å². The maximum Gasteiger partial charge on any atom is 0.335 e. The Balaban J connectivity index is 1.80. The number of aliphatic hydroxyl groups excluding tert-OH is 8. The molecule has 25 nitrogen and oxygen atoms in total. The lowest BCUT2D eigenvalue weighted by Crippen LogP contribution is -2.68. The summed E-state index contributed by atoms with van der Waals surface area (Å²) in [5.74, 6) is -7.33. The van der Waals surface area contributed by atoms with Crippen LogP contribution < -0.4 is 0 Å². The second-order valence-electron chi connectivity index (χ2n) is 11.4. The van der Waals surface area contributed by atoms with Crippen LogP contribution in [0, 0.1) is 0 Å². The fraction of sp³-hybridized carbons (Fsp3) is 0.846. The average molecular weight is 878 g/mol. The quantitative estimate of drug-likeness (QED) is 0.0367. The summed E-state index contributed by atoms with van der Waals surface area (Å²) in [5.41, 5.74) is 0. The van der Waals surface area contributed by atoms with Gasteiger partial charge in [0, 0.05) is 14.2 Å². The molecule has 0 aliphatic carbocycles. The molecule has 26 heteroatoms. The number of hydrogen-bond donors (Lipinski definition) is 12. The molecule has 0 bridgehead atoms. The number of carboxylic acids is 4. The van der Waals surface area contributed by atoms with Crippen molar-refractivity contribution in [1.29, 1.82) is 0 Å². The fourth-order valence-electron chi connectivity index (χ4n) is 5.39. The van der Waals surface area contributed by atoms with Crippen molar-refractivity contribution >= 4 is 46.5 Å². The van der Waals surface area contributed by atoms with Gasteiger partial charge in [-0.25, -0.2) is 19.2 Å². The van der Waals surface area contributed by atoms with Gasteiger partial charge in [-0.05, 0) is 22.6 Å². The molecule has 0 radical (unpaired) electrons. The summed E-state index contributed by atoms with van der Waals surface area (Å²) in [5, 5.41) is 122. The molecule has 3 rings (SSSR count). The highest BCUT2D eigenvalue weighted by molar-refractivity contribution is 14.1. The van der Waals surface area contributed by atoms with E-state index in [0.717, 1.165) is 14.2 Å². The Morgan fingerprint density at radius 3 is 1.69 bits per heavy atom. The second-order valence-corrected chi connectivity index (χ2v) is 12.9. The van der Waals surface area contributed by atoms with E-state index in [1.165, 1.54) is 22.6 Å². The molecule has 0 aromatic rings. The van der Waals surface area contributed by atoms with Crippen LogP contribution >= 0.6 is 22.6 Å². The van der Waals surface area contributed by atoms with E-state index in [9.17, 15) is 80.5 Å². The van der Waals surface area contributed by atoms with Crippen LogP contribution in [0.3, 0.4) is 0 Å². The number of ether oxygens (including phenoxy) is 9. The zero-order valence-corrected chi connectivity index (χ0v) is 28.9. The van der Waals surface area contributed by atoms with Crippen LogP contribution in [-0.2, 0) is 61.8 Å². The zero-order valence-electron chi connectivity index (χ0n) is 26.8. The minimum Gasteiger partial charge on any atom is -0.479 e. The third-order valence-corrected chi connectivity index (χ3v) is 9.42. The Morgan fingerprint density at radius 2 is 1.21 bits per heavy atom. The van der Waals surface area contributed by atoms with Gasteiger partial charge in [-0.2, -0.15) is 0 Å². The van der Waals surface area contributed by atoms with Crippen LogP contribution in [-0.4, -0.2) is 221 Å². The summed E-state index contributed by atoms with van der Waals surface area (Å²) in [7, 11) is 2.03. The lowest BCUT2D eigenvalue weighted by molar-refractivity contribution is -0.363. The molecule has 52 heavy (non-hydrogen) atoms. The Hall–Kier alpha value is -2.07. The molecule has 3 fully saturated rings. The van der Waals surface area contributed by atoms with Gasteiger partial charge in [0.25, 0.3) is 3.79 Å². The first-order valence-corrected chi connectivity index (χ1v) is 15.9.